The van der Waals surface area contributed by atoms with Crippen molar-refractivity contribution in [3.8, 4) is 0 Å². The molecule has 0 saturated carbocycles. The first-order chi connectivity index (χ1) is 6.04. The second-order valence-electron chi connectivity index (χ2n) is 2.06. The topological polar surface area (TPSA) is 87.5 Å². The van der Waals surface area contributed by atoms with E-state index in [-0.39, 0.29) is 5.56 Å². The quantitative estimate of drug-likeness (QED) is 0.674. The third kappa shape index (κ3) is 6.49. The van der Waals surface area contributed by atoms with Gasteiger partial charge in [-0.3, -0.25) is 9.78 Å². The van der Waals surface area contributed by atoms with Gasteiger partial charge in [-0.05, 0) is 12.1 Å². The van der Waals surface area contributed by atoms with Gasteiger partial charge < -0.3 is 10.2 Å². The number of nitrogens with zero attached hydrogens (tertiary/aromatic N) is 1. The summed E-state index contributed by atoms with van der Waals surface area (Å²) in [7, 11) is 0. The second kappa shape index (κ2) is 5.70. The third-order valence-corrected chi connectivity index (χ3v) is 0.927. The highest BCUT2D eigenvalue weighted by Crippen LogP contribution is 1.93. The van der Waals surface area contributed by atoms with Crippen LogP contribution in [0.15, 0.2) is 24.5 Å². The Balaban J connectivity index is 0.000000310. The van der Waals surface area contributed by atoms with Crippen molar-refractivity contribution in [2.24, 2.45) is 0 Å². The van der Waals surface area contributed by atoms with Gasteiger partial charge in [-0.2, -0.15) is 0 Å². The van der Waals surface area contributed by atoms with Crippen LogP contribution >= 0.6 is 0 Å². The molecule has 0 aliphatic heterocycles. The van der Waals surface area contributed by atoms with E-state index in [4.69, 9.17) is 15.0 Å². The molecule has 0 saturated heterocycles. The van der Waals surface area contributed by atoms with Crippen LogP contribution < -0.4 is 0 Å². The molecule has 70 valence electrons. The minimum absolute atomic E-state index is 0.269. The molecule has 0 unspecified atom stereocenters. The smallest absolute Gasteiger partial charge is 0.335 e. The van der Waals surface area contributed by atoms with Gasteiger partial charge in [0.15, 0.2) is 0 Å². The van der Waals surface area contributed by atoms with E-state index in [1.54, 1.807) is 0 Å². The van der Waals surface area contributed by atoms with Gasteiger partial charge in [0.25, 0.3) is 5.97 Å². The molecule has 1 aromatic heterocycles. The second-order valence-corrected chi connectivity index (χ2v) is 2.06. The van der Waals surface area contributed by atoms with Crippen LogP contribution in [-0.2, 0) is 4.79 Å². The lowest BCUT2D eigenvalue weighted by Crippen LogP contribution is -1.94. The maximum Gasteiger partial charge on any atom is 0.335 e. The summed E-state index contributed by atoms with van der Waals surface area (Å²) < 4.78 is 0. The van der Waals surface area contributed by atoms with Gasteiger partial charge in [0, 0.05) is 19.3 Å². The number of aliphatic carboxylic acids is 1. The molecule has 1 heterocycles. The molecular formula is C8H9NO4. The Labute approximate surface area is 74.7 Å². The number of hydrogen-bond acceptors (Lipinski definition) is 3. The summed E-state index contributed by atoms with van der Waals surface area (Å²) in [5, 5.41) is 15.8. The van der Waals surface area contributed by atoms with Gasteiger partial charge in [0.05, 0.1) is 5.56 Å². The molecule has 0 radical (unpaired) electrons. The fourth-order valence-electron chi connectivity index (χ4n) is 0.494. The lowest BCUT2D eigenvalue weighted by Gasteiger charge is -1.87. The first-order valence-corrected chi connectivity index (χ1v) is 3.37. The number of hydrogen-bond donors (Lipinski definition) is 2. The normalized spacial score (nSPS) is 8.08. The van der Waals surface area contributed by atoms with E-state index in [9.17, 15) is 4.79 Å². The number of rotatable bonds is 1. The predicted octanol–water partition coefficient (Wildman–Crippen LogP) is 0.871. The largest absolute Gasteiger partial charge is 0.481 e. The molecule has 0 aliphatic carbocycles. The van der Waals surface area contributed by atoms with E-state index in [1.165, 1.54) is 24.5 Å². The van der Waals surface area contributed by atoms with Crippen LogP contribution in [0.2, 0.25) is 0 Å². The summed E-state index contributed by atoms with van der Waals surface area (Å²) in [5.41, 5.74) is 0.269. The molecule has 0 fully saturated rings. The van der Waals surface area contributed by atoms with Crippen molar-refractivity contribution in [1.29, 1.82) is 0 Å². The SMILES string of the molecule is CC(=O)O.O=C(O)c1ccncc1. The van der Waals surface area contributed by atoms with Gasteiger partial charge >= 0.3 is 5.97 Å². The van der Waals surface area contributed by atoms with E-state index >= 15 is 0 Å². The molecule has 0 aromatic carbocycles. The molecule has 5 heteroatoms. The molecule has 5 nitrogen and oxygen atoms in total. The summed E-state index contributed by atoms with van der Waals surface area (Å²) >= 11 is 0. The lowest BCUT2D eigenvalue weighted by molar-refractivity contribution is -0.134. The van der Waals surface area contributed by atoms with Crippen molar-refractivity contribution in [1.82, 2.24) is 4.98 Å². The Kier molecular flexibility index (Phi) is 4.87. The molecule has 1 aromatic rings. The zero-order chi connectivity index (χ0) is 10.3. The first-order valence-electron chi connectivity index (χ1n) is 3.37. The minimum Gasteiger partial charge on any atom is -0.481 e. The Bertz CT molecular complexity index is 279. The first kappa shape index (κ1) is 11.1. The van der Waals surface area contributed by atoms with E-state index < -0.39 is 11.9 Å². The molecule has 1 rings (SSSR count). The molecule has 0 aliphatic rings. The third-order valence-electron chi connectivity index (χ3n) is 0.927. The van der Waals surface area contributed by atoms with E-state index in [1.807, 2.05) is 0 Å². The van der Waals surface area contributed by atoms with Crippen LogP contribution in [0.5, 0.6) is 0 Å². The lowest BCUT2D eigenvalue weighted by atomic mass is 10.3. The van der Waals surface area contributed by atoms with Gasteiger partial charge in [0.1, 0.15) is 0 Å². The molecular weight excluding hydrogens is 174 g/mol. The van der Waals surface area contributed by atoms with Gasteiger partial charge in [0.2, 0.25) is 0 Å². The molecule has 0 bridgehead atoms. The Morgan fingerprint density at radius 2 is 1.62 bits per heavy atom. The summed E-state index contributed by atoms with van der Waals surface area (Å²) in [6, 6.07) is 2.89. The van der Waals surface area contributed by atoms with Crippen LogP contribution in [0.25, 0.3) is 0 Å². The summed E-state index contributed by atoms with van der Waals surface area (Å²) in [6.45, 7) is 1.08. The number of aromatic nitrogens is 1. The zero-order valence-electron chi connectivity index (χ0n) is 6.97. The van der Waals surface area contributed by atoms with Crippen LogP contribution in [0.1, 0.15) is 17.3 Å². The number of carboxylic acid groups (broad SMARTS) is 2. The predicted molar refractivity (Wildman–Crippen MR) is 44.5 cm³/mol. The van der Waals surface area contributed by atoms with Crippen molar-refractivity contribution < 1.29 is 19.8 Å². The fourth-order valence-corrected chi connectivity index (χ4v) is 0.494. The van der Waals surface area contributed by atoms with Gasteiger partial charge in [-0.25, -0.2) is 4.79 Å². The molecule has 13 heavy (non-hydrogen) atoms. The van der Waals surface area contributed by atoms with Crippen LogP contribution in [0.4, 0.5) is 0 Å². The molecule has 0 spiro atoms. The van der Waals surface area contributed by atoms with E-state index in [0.717, 1.165) is 6.92 Å². The number of carboxylic acids is 2. The van der Waals surface area contributed by atoms with Crippen molar-refractivity contribution >= 4 is 11.9 Å². The maximum atomic E-state index is 10.2. The summed E-state index contributed by atoms with van der Waals surface area (Å²) in [6.07, 6.45) is 2.90. The van der Waals surface area contributed by atoms with Crippen molar-refractivity contribution in [2.45, 2.75) is 6.92 Å². The fraction of sp³-hybridized carbons (Fsp3) is 0.125. The average molecular weight is 183 g/mol. The van der Waals surface area contributed by atoms with Crippen LogP contribution in [-0.4, -0.2) is 27.1 Å². The molecule has 2 N–H and O–H groups in total. The summed E-state index contributed by atoms with van der Waals surface area (Å²) in [4.78, 5) is 22.8. The van der Waals surface area contributed by atoms with Crippen molar-refractivity contribution in [3.05, 3.63) is 30.1 Å². The molecule has 0 atom stereocenters. The van der Waals surface area contributed by atoms with Crippen molar-refractivity contribution in [3.63, 3.8) is 0 Å². The summed E-state index contributed by atoms with van der Waals surface area (Å²) in [5.74, 6) is -1.75. The number of pyridine rings is 1. The maximum absolute atomic E-state index is 10.2. The highest BCUT2D eigenvalue weighted by Gasteiger charge is 1.97. The Morgan fingerprint density at radius 3 is 1.85 bits per heavy atom. The Morgan fingerprint density at radius 1 is 1.23 bits per heavy atom. The highest BCUT2D eigenvalue weighted by molar-refractivity contribution is 5.87. The van der Waals surface area contributed by atoms with Crippen molar-refractivity contribution in [2.75, 3.05) is 0 Å². The van der Waals surface area contributed by atoms with Crippen LogP contribution in [0, 0.1) is 0 Å². The van der Waals surface area contributed by atoms with Gasteiger partial charge in [-0.15, -0.1) is 0 Å². The molecule has 0 amide bonds. The Hall–Kier alpha value is -1.91. The van der Waals surface area contributed by atoms with E-state index in [0.29, 0.717) is 0 Å². The van der Waals surface area contributed by atoms with E-state index in [2.05, 4.69) is 4.98 Å². The minimum atomic E-state index is -0.919. The number of aromatic carboxylic acids is 1. The number of carbonyl (C=O) groups is 2. The standard InChI is InChI=1S/C6H5NO2.C2H4O2/c8-6(9)5-1-3-7-4-2-5;1-2(3)4/h1-4H,(H,8,9);1H3,(H,3,4). The monoisotopic (exact) mass is 183 g/mol. The van der Waals surface area contributed by atoms with Gasteiger partial charge in [-0.1, -0.05) is 0 Å². The average Bonchev–Trinajstić information content (AvgIpc) is 2.05. The highest BCUT2D eigenvalue weighted by atomic mass is 16.4. The van der Waals surface area contributed by atoms with Crippen LogP contribution in [0.3, 0.4) is 0 Å². The zero-order valence-corrected chi connectivity index (χ0v) is 6.97.